The molecule has 4 heteroatoms. The fourth-order valence-corrected chi connectivity index (χ4v) is 3.83. The van der Waals surface area contributed by atoms with Crippen LogP contribution in [-0.4, -0.2) is 22.5 Å². The molecule has 1 fully saturated rings. The van der Waals surface area contributed by atoms with E-state index >= 15 is 0 Å². The van der Waals surface area contributed by atoms with Crippen molar-refractivity contribution in [3.63, 3.8) is 0 Å². The maximum Gasteiger partial charge on any atom is 0.0798 e. The van der Waals surface area contributed by atoms with Gasteiger partial charge in [0.1, 0.15) is 0 Å². The molecule has 2 unspecified atom stereocenters. The lowest BCUT2D eigenvalue weighted by molar-refractivity contribution is 0.380. The smallest absolute Gasteiger partial charge is 0.0798 e. The zero-order valence-electron chi connectivity index (χ0n) is 10.0. The molecule has 0 radical (unpaired) electrons. The van der Waals surface area contributed by atoms with Crippen molar-refractivity contribution in [1.82, 2.24) is 10.3 Å². The summed E-state index contributed by atoms with van der Waals surface area (Å²) in [5.41, 5.74) is 3.13. The van der Waals surface area contributed by atoms with Crippen molar-refractivity contribution >= 4 is 23.1 Å². The van der Waals surface area contributed by atoms with Gasteiger partial charge in [0.2, 0.25) is 0 Å². The maximum atomic E-state index is 4.29. The van der Waals surface area contributed by atoms with Gasteiger partial charge in [0, 0.05) is 22.7 Å². The van der Waals surface area contributed by atoms with E-state index in [-0.39, 0.29) is 0 Å². The number of aryl methyl sites for hydroxylation is 1. The topological polar surface area (TPSA) is 24.9 Å². The summed E-state index contributed by atoms with van der Waals surface area (Å²) in [5, 5.41) is 4.56. The van der Waals surface area contributed by atoms with E-state index in [0.29, 0.717) is 6.04 Å². The molecule has 2 atom stereocenters. The van der Waals surface area contributed by atoms with E-state index in [1.54, 1.807) is 11.3 Å². The van der Waals surface area contributed by atoms with E-state index in [1.807, 2.05) is 17.3 Å². The Morgan fingerprint density at radius 2 is 2.44 bits per heavy atom. The first-order valence-corrected chi connectivity index (χ1v) is 8.11. The molecule has 0 spiro atoms. The zero-order valence-corrected chi connectivity index (χ0v) is 11.7. The van der Waals surface area contributed by atoms with Crippen molar-refractivity contribution in [2.24, 2.45) is 0 Å². The zero-order chi connectivity index (χ0) is 11.4. The first-order valence-electron chi connectivity index (χ1n) is 5.94. The number of nitrogens with zero attached hydrogens (tertiary/aromatic N) is 1. The van der Waals surface area contributed by atoms with Crippen LogP contribution in [0.25, 0.3) is 0 Å². The van der Waals surface area contributed by atoms with Crippen molar-refractivity contribution < 1.29 is 0 Å². The van der Waals surface area contributed by atoms with Crippen LogP contribution in [0.2, 0.25) is 0 Å². The molecule has 1 saturated carbocycles. The molecule has 1 aromatic heterocycles. The van der Waals surface area contributed by atoms with E-state index in [2.05, 4.69) is 23.5 Å². The van der Waals surface area contributed by atoms with Crippen LogP contribution in [0, 0.1) is 6.92 Å². The third-order valence-corrected chi connectivity index (χ3v) is 5.39. The summed E-state index contributed by atoms with van der Waals surface area (Å²) >= 11 is 3.79. The van der Waals surface area contributed by atoms with Crippen molar-refractivity contribution in [3.8, 4) is 0 Å². The molecule has 1 aliphatic rings. The summed E-state index contributed by atoms with van der Waals surface area (Å²) in [6.07, 6.45) is 7.69. The summed E-state index contributed by atoms with van der Waals surface area (Å²) in [7, 11) is 0. The number of hydrogen-bond donors (Lipinski definition) is 1. The lowest BCUT2D eigenvalue weighted by Gasteiger charge is -2.28. The Hall–Kier alpha value is -0.0600. The van der Waals surface area contributed by atoms with E-state index in [1.165, 1.54) is 36.3 Å². The molecular formula is C12H20N2S2. The Balaban J connectivity index is 1.79. The van der Waals surface area contributed by atoms with Crippen LogP contribution in [0.15, 0.2) is 5.51 Å². The van der Waals surface area contributed by atoms with Crippen LogP contribution in [0.3, 0.4) is 0 Å². The average Bonchev–Trinajstić information content (AvgIpc) is 2.72. The van der Waals surface area contributed by atoms with Gasteiger partial charge in [-0.25, -0.2) is 4.98 Å². The lowest BCUT2D eigenvalue weighted by atomic mass is 9.95. The quantitative estimate of drug-likeness (QED) is 0.895. The molecule has 1 aliphatic carbocycles. The molecule has 90 valence electrons. The molecule has 1 N–H and O–H groups in total. The molecule has 0 saturated heterocycles. The predicted octanol–water partition coefficient (Wildman–Crippen LogP) is 3.22. The molecule has 16 heavy (non-hydrogen) atoms. The number of nitrogens with one attached hydrogen (secondary N) is 1. The van der Waals surface area contributed by atoms with Gasteiger partial charge in [-0.2, -0.15) is 11.8 Å². The second kappa shape index (κ2) is 6.03. The molecular weight excluding hydrogens is 236 g/mol. The highest BCUT2D eigenvalue weighted by atomic mass is 32.2. The molecule has 2 nitrogen and oxygen atoms in total. The maximum absolute atomic E-state index is 4.29. The Bertz CT molecular complexity index is 325. The van der Waals surface area contributed by atoms with Crippen molar-refractivity contribution in [2.45, 2.75) is 50.4 Å². The first kappa shape index (κ1) is 12.4. The van der Waals surface area contributed by atoms with E-state index < -0.39 is 0 Å². The van der Waals surface area contributed by atoms with Crippen molar-refractivity contribution in [3.05, 3.63) is 16.1 Å². The third-order valence-electron chi connectivity index (χ3n) is 3.36. The first-order chi connectivity index (χ1) is 7.79. The summed E-state index contributed by atoms with van der Waals surface area (Å²) in [6.45, 7) is 3.10. The van der Waals surface area contributed by atoms with Gasteiger partial charge < -0.3 is 5.32 Å². The van der Waals surface area contributed by atoms with Gasteiger partial charge >= 0.3 is 0 Å². The van der Waals surface area contributed by atoms with Gasteiger partial charge in [-0.1, -0.05) is 6.42 Å². The van der Waals surface area contributed by atoms with E-state index in [4.69, 9.17) is 0 Å². The van der Waals surface area contributed by atoms with Crippen LogP contribution in [0.5, 0.6) is 0 Å². The Labute approximate surface area is 106 Å². The normalized spacial score (nSPS) is 25.9. The summed E-state index contributed by atoms with van der Waals surface area (Å²) in [4.78, 5) is 5.68. The largest absolute Gasteiger partial charge is 0.309 e. The van der Waals surface area contributed by atoms with Crippen LogP contribution >= 0.6 is 23.1 Å². The molecule has 2 rings (SSSR count). The number of thiazole rings is 1. The summed E-state index contributed by atoms with van der Waals surface area (Å²) in [6, 6.07) is 0.715. The molecule has 0 aliphatic heterocycles. The molecule has 0 amide bonds. The average molecular weight is 256 g/mol. The number of rotatable bonds is 4. The third kappa shape index (κ3) is 3.22. The van der Waals surface area contributed by atoms with Gasteiger partial charge in [0.25, 0.3) is 0 Å². The molecule has 0 bridgehead atoms. The minimum atomic E-state index is 0.715. The highest BCUT2D eigenvalue weighted by molar-refractivity contribution is 7.99. The van der Waals surface area contributed by atoms with Crippen molar-refractivity contribution in [1.29, 1.82) is 0 Å². The molecule has 0 aromatic carbocycles. The number of hydrogen-bond acceptors (Lipinski definition) is 4. The van der Waals surface area contributed by atoms with Gasteiger partial charge in [-0.05, 0) is 32.4 Å². The number of aromatic nitrogens is 1. The molecule has 1 heterocycles. The second-order valence-electron chi connectivity index (χ2n) is 4.46. The standard InChI is InChI=1S/C12H20N2S2/c1-9-12(16-8-14-9)7-13-10-4-3-5-11(6-10)15-2/h8,10-11,13H,3-7H2,1-2H3. The van der Waals surface area contributed by atoms with Crippen molar-refractivity contribution in [2.75, 3.05) is 6.26 Å². The second-order valence-corrected chi connectivity index (χ2v) is 6.54. The monoisotopic (exact) mass is 256 g/mol. The van der Waals surface area contributed by atoms with Gasteiger partial charge in [0.05, 0.1) is 11.2 Å². The predicted molar refractivity (Wildman–Crippen MR) is 73.2 cm³/mol. The van der Waals surface area contributed by atoms with Crippen LogP contribution in [-0.2, 0) is 6.54 Å². The van der Waals surface area contributed by atoms with E-state index in [9.17, 15) is 0 Å². The SMILES string of the molecule is CSC1CCCC(NCc2scnc2C)C1. The summed E-state index contributed by atoms with van der Waals surface area (Å²) in [5.74, 6) is 0. The minimum Gasteiger partial charge on any atom is -0.309 e. The van der Waals surface area contributed by atoms with Gasteiger partial charge in [0.15, 0.2) is 0 Å². The number of thioether (sulfide) groups is 1. The Kier molecular flexibility index (Phi) is 4.67. The Morgan fingerprint density at radius 1 is 1.56 bits per heavy atom. The highest BCUT2D eigenvalue weighted by Gasteiger charge is 2.20. The van der Waals surface area contributed by atoms with E-state index in [0.717, 1.165) is 11.8 Å². The fourth-order valence-electron chi connectivity index (χ4n) is 2.28. The molecule has 1 aromatic rings. The van der Waals surface area contributed by atoms with Crippen LogP contribution < -0.4 is 5.32 Å². The van der Waals surface area contributed by atoms with Crippen LogP contribution in [0.4, 0.5) is 0 Å². The Morgan fingerprint density at radius 3 is 3.12 bits per heavy atom. The van der Waals surface area contributed by atoms with Gasteiger partial charge in [-0.15, -0.1) is 11.3 Å². The highest BCUT2D eigenvalue weighted by Crippen LogP contribution is 2.27. The van der Waals surface area contributed by atoms with Gasteiger partial charge in [-0.3, -0.25) is 0 Å². The fraction of sp³-hybridized carbons (Fsp3) is 0.750. The summed E-state index contributed by atoms with van der Waals surface area (Å²) < 4.78 is 0. The van der Waals surface area contributed by atoms with Crippen LogP contribution in [0.1, 0.15) is 36.3 Å². The lowest BCUT2D eigenvalue weighted by Crippen LogP contribution is -2.34. The minimum absolute atomic E-state index is 0.715.